The fourth-order valence-electron chi connectivity index (χ4n) is 4.03. The van der Waals surface area contributed by atoms with E-state index in [2.05, 4.69) is 13.8 Å². The van der Waals surface area contributed by atoms with Crippen molar-refractivity contribution in [2.24, 2.45) is 11.8 Å². The van der Waals surface area contributed by atoms with Crippen LogP contribution in [0.25, 0.3) is 0 Å². The molecular formula is C20H40O. The third kappa shape index (κ3) is 8.86. The number of hydrogen-bond acceptors (Lipinski definition) is 1. The van der Waals surface area contributed by atoms with Crippen LogP contribution in [-0.2, 0) is 0 Å². The molecule has 126 valence electrons. The van der Waals surface area contributed by atoms with E-state index in [0.717, 1.165) is 24.7 Å². The van der Waals surface area contributed by atoms with Gasteiger partial charge in [-0.25, -0.2) is 0 Å². The largest absolute Gasteiger partial charge is 0.393 e. The Kier molecular flexibility index (Phi) is 11.3. The summed E-state index contributed by atoms with van der Waals surface area (Å²) < 4.78 is 0. The fourth-order valence-corrected chi connectivity index (χ4v) is 4.03. The maximum atomic E-state index is 9.72. The lowest BCUT2D eigenvalue weighted by molar-refractivity contribution is 0.0858. The molecule has 1 unspecified atom stereocenters. The van der Waals surface area contributed by atoms with Crippen LogP contribution in [0.15, 0.2) is 0 Å². The average molecular weight is 297 g/mol. The van der Waals surface area contributed by atoms with Crippen molar-refractivity contribution in [3.05, 3.63) is 0 Å². The highest BCUT2D eigenvalue weighted by atomic mass is 16.3. The molecule has 0 aromatic heterocycles. The molecule has 21 heavy (non-hydrogen) atoms. The molecule has 1 saturated carbocycles. The Morgan fingerprint density at radius 1 is 0.714 bits per heavy atom. The quantitative estimate of drug-likeness (QED) is 0.408. The minimum Gasteiger partial charge on any atom is -0.393 e. The van der Waals surface area contributed by atoms with E-state index in [-0.39, 0.29) is 6.10 Å². The zero-order chi connectivity index (χ0) is 15.3. The Bertz CT molecular complexity index is 218. The first-order valence-corrected chi connectivity index (χ1v) is 9.96. The summed E-state index contributed by atoms with van der Waals surface area (Å²) in [6, 6.07) is 0. The zero-order valence-electron chi connectivity index (χ0n) is 14.8. The predicted octanol–water partition coefficient (Wildman–Crippen LogP) is 6.48. The van der Waals surface area contributed by atoms with Crippen molar-refractivity contribution < 1.29 is 5.11 Å². The topological polar surface area (TPSA) is 20.2 Å². The van der Waals surface area contributed by atoms with E-state index < -0.39 is 0 Å². The lowest BCUT2D eigenvalue weighted by Gasteiger charge is -2.32. The first-order valence-electron chi connectivity index (χ1n) is 9.96. The number of rotatable bonds is 12. The van der Waals surface area contributed by atoms with Gasteiger partial charge in [-0.1, -0.05) is 84.5 Å². The summed E-state index contributed by atoms with van der Waals surface area (Å²) in [6.07, 6.45) is 20.3. The van der Waals surface area contributed by atoms with Gasteiger partial charge in [-0.05, 0) is 37.5 Å². The summed E-state index contributed by atoms with van der Waals surface area (Å²) in [5.41, 5.74) is 0. The Labute approximate surface area is 133 Å². The van der Waals surface area contributed by atoms with Gasteiger partial charge in [0.25, 0.3) is 0 Å². The molecule has 0 amide bonds. The Morgan fingerprint density at radius 2 is 1.19 bits per heavy atom. The smallest absolute Gasteiger partial charge is 0.0540 e. The monoisotopic (exact) mass is 296 g/mol. The maximum absolute atomic E-state index is 9.72. The van der Waals surface area contributed by atoms with E-state index in [1.807, 2.05) is 0 Å². The average Bonchev–Trinajstić information content (AvgIpc) is 2.50. The van der Waals surface area contributed by atoms with Gasteiger partial charge in [0.15, 0.2) is 0 Å². The molecule has 1 aliphatic carbocycles. The van der Waals surface area contributed by atoms with E-state index in [1.54, 1.807) is 0 Å². The number of aliphatic hydroxyl groups is 1. The molecule has 1 N–H and O–H groups in total. The molecule has 1 aliphatic rings. The summed E-state index contributed by atoms with van der Waals surface area (Å²) in [5, 5.41) is 9.72. The minimum atomic E-state index is 0.00610. The molecule has 1 heteroatoms. The van der Waals surface area contributed by atoms with Crippen molar-refractivity contribution in [2.75, 3.05) is 0 Å². The van der Waals surface area contributed by atoms with Gasteiger partial charge in [-0.15, -0.1) is 0 Å². The highest BCUT2D eigenvalue weighted by Crippen LogP contribution is 2.36. The summed E-state index contributed by atoms with van der Waals surface area (Å²) in [6.45, 7) is 4.60. The van der Waals surface area contributed by atoms with Gasteiger partial charge in [-0.3, -0.25) is 0 Å². The van der Waals surface area contributed by atoms with Crippen molar-refractivity contribution in [3.63, 3.8) is 0 Å². The number of aliphatic hydroxyl groups excluding tert-OH is 1. The van der Waals surface area contributed by atoms with Crippen molar-refractivity contribution in [2.45, 2.75) is 116 Å². The zero-order valence-corrected chi connectivity index (χ0v) is 14.8. The molecule has 1 nitrogen and oxygen atoms in total. The van der Waals surface area contributed by atoms with E-state index in [1.165, 1.54) is 83.5 Å². The first kappa shape index (κ1) is 19.0. The van der Waals surface area contributed by atoms with Gasteiger partial charge >= 0.3 is 0 Å². The Morgan fingerprint density at radius 3 is 1.81 bits per heavy atom. The molecule has 0 heterocycles. The highest BCUT2D eigenvalue weighted by Gasteiger charge is 2.26. The number of unbranched alkanes of at least 4 members (excludes halogenated alkanes) is 7. The van der Waals surface area contributed by atoms with Crippen LogP contribution >= 0.6 is 0 Å². The van der Waals surface area contributed by atoms with E-state index >= 15 is 0 Å². The van der Waals surface area contributed by atoms with Crippen LogP contribution in [0.1, 0.15) is 110 Å². The summed E-state index contributed by atoms with van der Waals surface area (Å²) in [7, 11) is 0. The summed E-state index contributed by atoms with van der Waals surface area (Å²) in [4.78, 5) is 0. The lowest BCUT2D eigenvalue weighted by Crippen LogP contribution is -2.24. The normalized spacial score (nSPS) is 24.1. The number of hydrogen-bond donors (Lipinski definition) is 1. The Hall–Kier alpha value is -0.0400. The molecule has 0 spiro atoms. The molecule has 0 aromatic rings. The molecule has 0 aliphatic heterocycles. The van der Waals surface area contributed by atoms with Crippen LogP contribution in [-0.4, -0.2) is 11.2 Å². The van der Waals surface area contributed by atoms with Crippen LogP contribution in [0.5, 0.6) is 0 Å². The van der Waals surface area contributed by atoms with E-state index in [9.17, 15) is 5.11 Å². The van der Waals surface area contributed by atoms with Crippen LogP contribution in [0.2, 0.25) is 0 Å². The molecular weight excluding hydrogens is 256 g/mol. The van der Waals surface area contributed by atoms with Gasteiger partial charge < -0.3 is 5.11 Å². The van der Waals surface area contributed by atoms with Gasteiger partial charge in [0.1, 0.15) is 0 Å². The third-order valence-corrected chi connectivity index (χ3v) is 5.51. The molecule has 0 saturated heterocycles. The van der Waals surface area contributed by atoms with E-state index in [0.29, 0.717) is 0 Å². The molecule has 1 rings (SSSR count). The van der Waals surface area contributed by atoms with E-state index in [4.69, 9.17) is 0 Å². The predicted molar refractivity (Wildman–Crippen MR) is 93.6 cm³/mol. The standard InChI is InChI=1S/C20H40O/c1-3-5-7-8-9-11-13-18(12-10-6-4-2)19-14-16-20(21)17-15-19/h18-21H,3-17H2,1-2H3. The van der Waals surface area contributed by atoms with Crippen LogP contribution in [0.4, 0.5) is 0 Å². The van der Waals surface area contributed by atoms with Gasteiger partial charge in [0.05, 0.1) is 6.10 Å². The molecule has 0 bridgehead atoms. The van der Waals surface area contributed by atoms with Crippen LogP contribution in [0, 0.1) is 11.8 Å². The highest BCUT2D eigenvalue weighted by molar-refractivity contribution is 4.77. The van der Waals surface area contributed by atoms with Crippen molar-refractivity contribution >= 4 is 0 Å². The summed E-state index contributed by atoms with van der Waals surface area (Å²) in [5.74, 6) is 1.87. The van der Waals surface area contributed by atoms with Gasteiger partial charge in [0, 0.05) is 0 Å². The van der Waals surface area contributed by atoms with Crippen molar-refractivity contribution in [1.29, 1.82) is 0 Å². The third-order valence-electron chi connectivity index (χ3n) is 5.51. The minimum absolute atomic E-state index is 0.00610. The van der Waals surface area contributed by atoms with Crippen LogP contribution in [0.3, 0.4) is 0 Å². The van der Waals surface area contributed by atoms with Crippen molar-refractivity contribution in [1.82, 2.24) is 0 Å². The van der Waals surface area contributed by atoms with Crippen LogP contribution < -0.4 is 0 Å². The Balaban J connectivity index is 2.23. The molecule has 0 radical (unpaired) electrons. The fraction of sp³-hybridized carbons (Fsp3) is 1.00. The molecule has 1 fully saturated rings. The van der Waals surface area contributed by atoms with Gasteiger partial charge in [0.2, 0.25) is 0 Å². The van der Waals surface area contributed by atoms with Crippen molar-refractivity contribution in [3.8, 4) is 0 Å². The summed E-state index contributed by atoms with van der Waals surface area (Å²) >= 11 is 0. The maximum Gasteiger partial charge on any atom is 0.0540 e. The second-order valence-electron chi connectivity index (χ2n) is 7.38. The van der Waals surface area contributed by atoms with Gasteiger partial charge in [-0.2, -0.15) is 0 Å². The second-order valence-corrected chi connectivity index (χ2v) is 7.38. The lowest BCUT2D eigenvalue weighted by atomic mass is 9.75. The molecule has 1 atom stereocenters. The first-order chi connectivity index (χ1) is 10.3. The molecule has 0 aromatic carbocycles. The second kappa shape index (κ2) is 12.5. The SMILES string of the molecule is CCCCCCCCC(CCCCC)C1CCC(O)CC1.